The van der Waals surface area contributed by atoms with Crippen LogP contribution in [0.2, 0.25) is 5.02 Å². The molecule has 7 heteroatoms. The Labute approximate surface area is 152 Å². The Morgan fingerprint density at radius 1 is 1.08 bits per heavy atom. The lowest BCUT2D eigenvalue weighted by atomic mass is 10.2. The van der Waals surface area contributed by atoms with E-state index in [4.69, 9.17) is 11.6 Å². The van der Waals surface area contributed by atoms with Crippen molar-refractivity contribution in [3.63, 3.8) is 0 Å². The number of benzene rings is 2. The van der Waals surface area contributed by atoms with Crippen molar-refractivity contribution in [1.82, 2.24) is 4.72 Å². The molecule has 1 N–H and O–H groups in total. The summed E-state index contributed by atoms with van der Waals surface area (Å²) in [6.45, 7) is 2.29. The van der Waals surface area contributed by atoms with E-state index in [0.717, 1.165) is 24.3 Å². The Bertz CT molecular complexity index is 814. The number of anilines is 1. The van der Waals surface area contributed by atoms with Gasteiger partial charge in [0, 0.05) is 35.9 Å². The SMILES string of the molecule is O=S(=O)(Cc1c(F)cccc1Cl)NCc1ccc(N2CCCC2)cc1. The van der Waals surface area contributed by atoms with Gasteiger partial charge >= 0.3 is 0 Å². The molecule has 0 bridgehead atoms. The molecule has 0 unspecified atom stereocenters. The standard InChI is InChI=1S/C18H20ClFN2O2S/c19-17-4-3-5-18(20)16(17)13-25(23,24)21-12-14-6-8-15(9-7-14)22-10-1-2-11-22/h3-9,21H,1-2,10-13H2. The van der Waals surface area contributed by atoms with Gasteiger partial charge in [-0.1, -0.05) is 29.8 Å². The first-order valence-corrected chi connectivity index (χ1v) is 10.2. The number of hydrogen-bond acceptors (Lipinski definition) is 3. The molecular weight excluding hydrogens is 363 g/mol. The molecule has 0 aliphatic carbocycles. The zero-order valence-electron chi connectivity index (χ0n) is 13.7. The second kappa shape index (κ2) is 7.72. The molecule has 2 aromatic rings. The summed E-state index contributed by atoms with van der Waals surface area (Å²) >= 11 is 5.90. The van der Waals surface area contributed by atoms with Crippen molar-refractivity contribution in [1.29, 1.82) is 0 Å². The van der Waals surface area contributed by atoms with Crippen molar-refractivity contribution in [2.75, 3.05) is 18.0 Å². The smallest absolute Gasteiger partial charge is 0.216 e. The minimum atomic E-state index is -3.69. The van der Waals surface area contributed by atoms with E-state index in [-0.39, 0.29) is 17.1 Å². The van der Waals surface area contributed by atoms with Gasteiger partial charge in [0.15, 0.2) is 0 Å². The average Bonchev–Trinajstić information content (AvgIpc) is 3.12. The molecule has 0 aromatic heterocycles. The van der Waals surface area contributed by atoms with Crippen LogP contribution in [0.4, 0.5) is 10.1 Å². The van der Waals surface area contributed by atoms with Gasteiger partial charge in [-0.25, -0.2) is 17.5 Å². The Morgan fingerprint density at radius 2 is 1.76 bits per heavy atom. The fourth-order valence-electron chi connectivity index (χ4n) is 2.90. The topological polar surface area (TPSA) is 49.4 Å². The van der Waals surface area contributed by atoms with Gasteiger partial charge in [-0.2, -0.15) is 0 Å². The highest BCUT2D eigenvalue weighted by atomic mass is 35.5. The maximum atomic E-state index is 13.8. The summed E-state index contributed by atoms with van der Waals surface area (Å²) in [5.74, 6) is -1.10. The molecule has 4 nitrogen and oxygen atoms in total. The Kier molecular flexibility index (Phi) is 5.61. The number of nitrogens with zero attached hydrogens (tertiary/aromatic N) is 1. The third kappa shape index (κ3) is 4.71. The molecule has 0 atom stereocenters. The summed E-state index contributed by atoms with van der Waals surface area (Å²) in [5, 5.41) is 0.111. The van der Waals surface area contributed by atoms with E-state index in [1.54, 1.807) is 0 Å². The largest absolute Gasteiger partial charge is 0.372 e. The number of nitrogens with one attached hydrogen (secondary N) is 1. The van der Waals surface area contributed by atoms with E-state index in [1.165, 1.54) is 31.0 Å². The molecule has 1 saturated heterocycles. The second-order valence-electron chi connectivity index (χ2n) is 6.14. The summed E-state index contributed by atoms with van der Waals surface area (Å²) < 4.78 is 40.7. The molecule has 0 saturated carbocycles. The van der Waals surface area contributed by atoms with E-state index < -0.39 is 21.6 Å². The van der Waals surface area contributed by atoms with Gasteiger partial charge in [0.2, 0.25) is 10.0 Å². The molecule has 0 amide bonds. The lowest BCUT2D eigenvalue weighted by Crippen LogP contribution is -2.25. The van der Waals surface area contributed by atoms with Gasteiger partial charge in [-0.3, -0.25) is 0 Å². The fourth-order valence-corrected chi connectivity index (χ4v) is 4.38. The van der Waals surface area contributed by atoms with E-state index in [0.29, 0.717) is 0 Å². The number of hydrogen-bond donors (Lipinski definition) is 1. The third-order valence-electron chi connectivity index (χ3n) is 4.30. The van der Waals surface area contributed by atoms with Crippen molar-refractivity contribution in [2.45, 2.75) is 25.1 Å². The zero-order valence-corrected chi connectivity index (χ0v) is 15.3. The minimum Gasteiger partial charge on any atom is -0.372 e. The van der Waals surface area contributed by atoms with Crippen LogP contribution in [0.15, 0.2) is 42.5 Å². The molecule has 134 valence electrons. The predicted octanol–water partition coefficient (Wildman–Crippen LogP) is 3.70. The van der Waals surface area contributed by atoms with Crippen LogP contribution in [0.3, 0.4) is 0 Å². The highest BCUT2D eigenvalue weighted by Gasteiger charge is 2.17. The zero-order chi connectivity index (χ0) is 17.9. The van der Waals surface area contributed by atoms with Gasteiger partial charge < -0.3 is 4.90 Å². The van der Waals surface area contributed by atoms with Crippen molar-refractivity contribution in [3.8, 4) is 0 Å². The molecule has 1 aliphatic rings. The van der Waals surface area contributed by atoms with Crippen LogP contribution in [0.1, 0.15) is 24.0 Å². The quantitative estimate of drug-likeness (QED) is 0.828. The van der Waals surface area contributed by atoms with Crippen LogP contribution in [-0.4, -0.2) is 21.5 Å². The molecule has 0 spiro atoms. The molecule has 25 heavy (non-hydrogen) atoms. The fraction of sp³-hybridized carbons (Fsp3) is 0.333. The van der Waals surface area contributed by atoms with E-state index in [1.807, 2.05) is 24.3 Å². The maximum absolute atomic E-state index is 13.8. The lowest BCUT2D eigenvalue weighted by molar-refractivity contribution is 0.574. The average molecular weight is 383 g/mol. The highest BCUT2D eigenvalue weighted by Crippen LogP contribution is 2.22. The van der Waals surface area contributed by atoms with Gasteiger partial charge in [0.1, 0.15) is 5.82 Å². The first-order valence-electron chi connectivity index (χ1n) is 8.19. The molecule has 1 aliphatic heterocycles. The maximum Gasteiger partial charge on any atom is 0.216 e. The third-order valence-corrected chi connectivity index (χ3v) is 5.91. The van der Waals surface area contributed by atoms with Crippen LogP contribution in [-0.2, 0) is 22.3 Å². The van der Waals surface area contributed by atoms with Crippen molar-refractivity contribution in [3.05, 3.63) is 64.4 Å². The second-order valence-corrected chi connectivity index (χ2v) is 8.36. The van der Waals surface area contributed by atoms with Crippen molar-refractivity contribution >= 4 is 27.3 Å². The summed E-state index contributed by atoms with van der Waals surface area (Å²) in [6.07, 6.45) is 2.42. The van der Waals surface area contributed by atoms with Gasteiger partial charge in [-0.05, 0) is 42.7 Å². The van der Waals surface area contributed by atoms with E-state index in [2.05, 4.69) is 9.62 Å². The van der Waals surface area contributed by atoms with Gasteiger partial charge in [-0.15, -0.1) is 0 Å². The molecule has 1 heterocycles. The minimum absolute atomic E-state index is 0.0129. The van der Waals surface area contributed by atoms with E-state index in [9.17, 15) is 12.8 Å². The van der Waals surface area contributed by atoms with Gasteiger partial charge in [0.05, 0.1) is 5.75 Å². The number of sulfonamides is 1. The van der Waals surface area contributed by atoms with Crippen LogP contribution in [0.5, 0.6) is 0 Å². The summed E-state index contributed by atoms with van der Waals surface area (Å²) in [7, 11) is -3.69. The first kappa shape index (κ1) is 18.2. The summed E-state index contributed by atoms with van der Waals surface area (Å²) in [4.78, 5) is 2.31. The molecule has 3 rings (SSSR count). The van der Waals surface area contributed by atoms with Crippen molar-refractivity contribution < 1.29 is 12.8 Å². The van der Waals surface area contributed by atoms with Crippen molar-refractivity contribution in [2.24, 2.45) is 0 Å². The highest BCUT2D eigenvalue weighted by molar-refractivity contribution is 7.88. The summed E-state index contributed by atoms with van der Waals surface area (Å²) in [5.41, 5.74) is 1.99. The monoisotopic (exact) mass is 382 g/mol. The molecule has 2 aromatic carbocycles. The Hall–Kier alpha value is -1.63. The van der Waals surface area contributed by atoms with Gasteiger partial charge in [0.25, 0.3) is 0 Å². The van der Waals surface area contributed by atoms with Crippen LogP contribution in [0.25, 0.3) is 0 Å². The van der Waals surface area contributed by atoms with Crippen LogP contribution in [0, 0.1) is 5.82 Å². The molecule has 0 radical (unpaired) electrons. The number of rotatable bonds is 6. The number of halogens is 2. The Morgan fingerprint density at radius 3 is 2.40 bits per heavy atom. The molecular formula is C18H20ClFN2O2S. The summed E-state index contributed by atoms with van der Waals surface area (Å²) in [6, 6.07) is 12.0. The first-order chi connectivity index (χ1) is 11.9. The predicted molar refractivity (Wildman–Crippen MR) is 98.8 cm³/mol. The lowest BCUT2D eigenvalue weighted by Gasteiger charge is -2.17. The molecule has 1 fully saturated rings. The Balaban J connectivity index is 1.62. The van der Waals surface area contributed by atoms with Crippen LogP contribution < -0.4 is 9.62 Å². The van der Waals surface area contributed by atoms with Crippen LogP contribution >= 0.6 is 11.6 Å². The normalized spacial score (nSPS) is 14.9. The van der Waals surface area contributed by atoms with E-state index >= 15 is 0 Å².